The topological polar surface area (TPSA) is 82.1 Å². The van der Waals surface area contributed by atoms with Crippen LogP contribution < -0.4 is 0 Å². The minimum atomic E-state index is -0.111. The molecule has 2 N–H and O–H groups in total. The molecular formula is C21H28N4O2. The smallest absolute Gasteiger partial charge is 0.258 e. The summed E-state index contributed by atoms with van der Waals surface area (Å²) in [5.74, 6) is 0.0265. The van der Waals surface area contributed by atoms with Gasteiger partial charge in [-0.3, -0.25) is 9.89 Å². The van der Waals surface area contributed by atoms with Gasteiger partial charge in [-0.05, 0) is 50.3 Å². The molecule has 0 aliphatic heterocycles. The molecule has 0 spiro atoms. The molecule has 0 radical (unpaired) electrons. The standard InChI is InChI=1S/C21H28N4O2/c1-15(8-7-9-16(2)14-19-20(26)23-24-22-19)12-13-17-10-5-6-11-18(17)21(27)25(3)4/h7-10,12-14,18H,5-6,11H2,1-4H3,(H2,22,23,24,26)/b9-7+,13-12+,15-8+,16-14+. The fourth-order valence-electron chi connectivity index (χ4n) is 2.90. The van der Waals surface area contributed by atoms with E-state index in [0.717, 1.165) is 36.0 Å². The summed E-state index contributed by atoms with van der Waals surface area (Å²) in [6.45, 7) is 3.96. The van der Waals surface area contributed by atoms with Crippen LogP contribution in [0.2, 0.25) is 0 Å². The van der Waals surface area contributed by atoms with Crippen molar-refractivity contribution in [3.8, 4) is 5.88 Å². The van der Waals surface area contributed by atoms with E-state index < -0.39 is 0 Å². The van der Waals surface area contributed by atoms with Crippen LogP contribution in [0.15, 0.2) is 53.2 Å². The lowest BCUT2D eigenvalue weighted by Gasteiger charge is -2.24. The number of hydrogen-bond donors (Lipinski definition) is 2. The van der Waals surface area contributed by atoms with Gasteiger partial charge >= 0.3 is 0 Å². The van der Waals surface area contributed by atoms with Crippen molar-refractivity contribution >= 4 is 12.0 Å². The molecule has 6 nitrogen and oxygen atoms in total. The zero-order valence-electron chi connectivity index (χ0n) is 16.4. The minimum absolute atomic E-state index is 0.0331. The summed E-state index contributed by atoms with van der Waals surface area (Å²) in [6, 6.07) is 0. The van der Waals surface area contributed by atoms with Gasteiger partial charge in [-0.2, -0.15) is 0 Å². The van der Waals surface area contributed by atoms with Crippen molar-refractivity contribution in [2.45, 2.75) is 33.1 Å². The summed E-state index contributed by atoms with van der Waals surface area (Å²) in [7, 11) is 3.62. The Morgan fingerprint density at radius 2 is 2.07 bits per heavy atom. The Labute approximate surface area is 160 Å². The molecule has 0 aromatic carbocycles. The first-order valence-corrected chi connectivity index (χ1v) is 9.11. The molecule has 1 aliphatic carbocycles. The number of aromatic hydroxyl groups is 1. The van der Waals surface area contributed by atoms with E-state index >= 15 is 0 Å². The van der Waals surface area contributed by atoms with Crippen LogP contribution in [0, 0.1) is 5.92 Å². The van der Waals surface area contributed by atoms with Crippen molar-refractivity contribution < 1.29 is 9.90 Å². The summed E-state index contributed by atoms with van der Waals surface area (Å²) in [6.07, 6.45) is 16.9. The van der Waals surface area contributed by atoms with Crippen molar-refractivity contribution in [3.63, 3.8) is 0 Å². The average molecular weight is 368 g/mol. The number of allylic oxidation sites excluding steroid dienone is 8. The Morgan fingerprint density at radius 1 is 1.30 bits per heavy atom. The van der Waals surface area contributed by atoms with E-state index in [2.05, 4.69) is 27.6 Å². The van der Waals surface area contributed by atoms with Crippen LogP contribution in [0.1, 0.15) is 38.8 Å². The van der Waals surface area contributed by atoms with Crippen LogP contribution in [0.5, 0.6) is 5.88 Å². The van der Waals surface area contributed by atoms with Gasteiger partial charge in [-0.1, -0.05) is 52.3 Å². The lowest BCUT2D eigenvalue weighted by atomic mass is 9.86. The maximum atomic E-state index is 12.3. The second-order valence-electron chi connectivity index (χ2n) is 6.96. The van der Waals surface area contributed by atoms with Crippen LogP contribution in [-0.4, -0.2) is 45.4 Å². The first-order chi connectivity index (χ1) is 12.9. The van der Waals surface area contributed by atoms with Crippen molar-refractivity contribution in [3.05, 3.63) is 58.9 Å². The number of carbonyl (C=O) groups is 1. The van der Waals surface area contributed by atoms with Gasteiger partial charge in [-0.15, -0.1) is 0 Å². The Balaban J connectivity index is 2.01. The van der Waals surface area contributed by atoms with Gasteiger partial charge in [0.25, 0.3) is 5.88 Å². The number of nitrogens with zero attached hydrogens (tertiary/aromatic N) is 3. The fourth-order valence-corrected chi connectivity index (χ4v) is 2.90. The Hall–Kier alpha value is -2.89. The Morgan fingerprint density at radius 3 is 2.74 bits per heavy atom. The monoisotopic (exact) mass is 368 g/mol. The predicted octanol–water partition coefficient (Wildman–Crippen LogP) is 3.79. The normalized spacial score (nSPS) is 19.0. The van der Waals surface area contributed by atoms with Crippen LogP contribution in [0.4, 0.5) is 0 Å². The molecule has 1 aromatic heterocycles. The van der Waals surface area contributed by atoms with Crippen molar-refractivity contribution in [2.24, 2.45) is 5.92 Å². The fraction of sp³-hybridized carbons (Fsp3) is 0.381. The number of hydrogen-bond acceptors (Lipinski definition) is 4. The number of nitrogens with one attached hydrogen (secondary N) is 1. The highest BCUT2D eigenvalue weighted by atomic mass is 16.3. The average Bonchev–Trinajstić information content (AvgIpc) is 3.04. The first kappa shape index (κ1) is 20.4. The Kier molecular flexibility index (Phi) is 7.34. The van der Waals surface area contributed by atoms with Gasteiger partial charge < -0.3 is 10.0 Å². The Bertz CT molecular complexity index is 810. The zero-order chi connectivity index (χ0) is 19.8. The van der Waals surface area contributed by atoms with Crippen molar-refractivity contribution in [2.75, 3.05) is 14.1 Å². The molecule has 6 heteroatoms. The molecule has 0 bridgehead atoms. The van der Waals surface area contributed by atoms with E-state index in [4.69, 9.17) is 0 Å². The second kappa shape index (κ2) is 9.71. The van der Waals surface area contributed by atoms with Gasteiger partial charge in [0.1, 0.15) is 5.69 Å². The molecule has 1 heterocycles. The maximum Gasteiger partial charge on any atom is 0.258 e. The number of rotatable bonds is 6. The third kappa shape index (κ3) is 6.09. The third-order valence-electron chi connectivity index (χ3n) is 4.40. The highest BCUT2D eigenvalue weighted by Crippen LogP contribution is 2.27. The SMILES string of the molecule is CC(/C=C/C1=CCCCC1C(=O)N(C)C)=C\C=C\C(C)=C\c1[nH]nnc1O. The summed E-state index contributed by atoms with van der Waals surface area (Å²) in [5, 5.41) is 19.1. The van der Waals surface area contributed by atoms with Crippen molar-refractivity contribution in [1.82, 2.24) is 20.3 Å². The van der Waals surface area contributed by atoms with E-state index in [-0.39, 0.29) is 17.7 Å². The number of H-pyrrole nitrogens is 1. The van der Waals surface area contributed by atoms with Crippen LogP contribution in [0.3, 0.4) is 0 Å². The maximum absolute atomic E-state index is 12.3. The van der Waals surface area contributed by atoms with E-state index in [1.54, 1.807) is 11.0 Å². The summed E-state index contributed by atoms with van der Waals surface area (Å²) >= 11 is 0. The molecule has 2 rings (SSSR count). The molecule has 1 atom stereocenters. The van der Waals surface area contributed by atoms with Crippen LogP contribution in [-0.2, 0) is 4.79 Å². The zero-order valence-corrected chi connectivity index (χ0v) is 16.4. The molecule has 27 heavy (non-hydrogen) atoms. The lowest BCUT2D eigenvalue weighted by Crippen LogP contribution is -2.31. The van der Waals surface area contributed by atoms with Gasteiger partial charge in [0.05, 0.1) is 5.92 Å². The summed E-state index contributed by atoms with van der Waals surface area (Å²) in [4.78, 5) is 14.0. The van der Waals surface area contributed by atoms with Crippen LogP contribution in [0.25, 0.3) is 6.08 Å². The van der Waals surface area contributed by atoms with Crippen molar-refractivity contribution in [1.29, 1.82) is 0 Å². The van der Waals surface area contributed by atoms with Crippen LogP contribution >= 0.6 is 0 Å². The minimum Gasteiger partial charge on any atom is -0.491 e. The number of aromatic amines is 1. The quantitative estimate of drug-likeness (QED) is 0.749. The molecule has 0 saturated heterocycles. The predicted molar refractivity (Wildman–Crippen MR) is 108 cm³/mol. The van der Waals surface area contributed by atoms with Gasteiger partial charge in [0, 0.05) is 14.1 Å². The van der Waals surface area contributed by atoms with Gasteiger partial charge in [0.2, 0.25) is 5.91 Å². The molecule has 144 valence electrons. The summed E-state index contributed by atoms with van der Waals surface area (Å²) in [5.41, 5.74) is 3.64. The highest BCUT2D eigenvalue weighted by molar-refractivity contribution is 5.82. The highest BCUT2D eigenvalue weighted by Gasteiger charge is 2.24. The molecule has 1 unspecified atom stereocenters. The van der Waals surface area contributed by atoms with E-state index in [9.17, 15) is 9.90 Å². The summed E-state index contributed by atoms with van der Waals surface area (Å²) < 4.78 is 0. The lowest BCUT2D eigenvalue weighted by molar-refractivity contribution is -0.132. The number of carbonyl (C=O) groups excluding carboxylic acids is 1. The third-order valence-corrected chi connectivity index (χ3v) is 4.40. The molecule has 1 aromatic rings. The van der Waals surface area contributed by atoms with E-state index in [0.29, 0.717) is 5.69 Å². The largest absolute Gasteiger partial charge is 0.491 e. The molecule has 0 saturated carbocycles. The van der Waals surface area contributed by atoms with Gasteiger partial charge in [-0.25, -0.2) is 0 Å². The first-order valence-electron chi connectivity index (χ1n) is 9.11. The van der Waals surface area contributed by atoms with E-state index in [1.807, 2.05) is 52.2 Å². The molecule has 1 aliphatic rings. The molecule has 1 amide bonds. The van der Waals surface area contributed by atoms with Gasteiger partial charge in [0.15, 0.2) is 0 Å². The number of aromatic nitrogens is 3. The second-order valence-corrected chi connectivity index (χ2v) is 6.96. The number of amides is 1. The molecular weight excluding hydrogens is 340 g/mol. The van der Waals surface area contributed by atoms with E-state index in [1.165, 1.54) is 0 Å². The molecule has 0 fully saturated rings.